The highest BCUT2D eigenvalue weighted by atomic mass is 35.5. The fourth-order valence-corrected chi connectivity index (χ4v) is 2.91. The van der Waals surface area contributed by atoms with Gasteiger partial charge in [0.1, 0.15) is 6.33 Å². The predicted octanol–water partition coefficient (Wildman–Crippen LogP) is 4.12. The lowest BCUT2D eigenvalue weighted by Gasteiger charge is -2.11. The second kappa shape index (κ2) is 7.57. The summed E-state index contributed by atoms with van der Waals surface area (Å²) in [5.74, 6) is 1.31. The molecule has 0 fully saturated rings. The number of nitro groups is 1. The van der Waals surface area contributed by atoms with Crippen molar-refractivity contribution in [3.8, 4) is 11.5 Å². The number of hydrogen-bond donors (Lipinski definition) is 2. The maximum Gasteiger partial charge on any atom is 0.353 e. The molecule has 0 spiro atoms. The number of anilines is 3. The van der Waals surface area contributed by atoms with Gasteiger partial charge < -0.3 is 20.1 Å². The van der Waals surface area contributed by atoms with E-state index in [2.05, 4.69) is 20.6 Å². The van der Waals surface area contributed by atoms with Gasteiger partial charge in [-0.1, -0.05) is 29.8 Å². The van der Waals surface area contributed by atoms with Crippen molar-refractivity contribution in [1.29, 1.82) is 0 Å². The Morgan fingerprint density at radius 3 is 2.71 bits per heavy atom. The van der Waals surface area contributed by atoms with Gasteiger partial charge in [0.25, 0.3) is 0 Å². The highest BCUT2D eigenvalue weighted by Crippen LogP contribution is 2.37. The number of nitrogens with one attached hydrogen (secondary N) is 2. The minimum Gasteiger partial charge on any atom is -0.454 e. The number of ether oxygens (including phenoxy) is 2. The normalized spacial score (nSPS) is 11.9. The van der Waals surface area contributed by atoms with Crippen molar-refractivity contribution >= 4 is 34.6 Å². The summed E-state index contributed by atoms with van der Waals surface area (Å²) in [6, 6.07) is 12.3. The Hall–Kier alpha value is -3.59. The average Bonchev–Trinajstić information content (AvgIpc) is 3.15. The minimum absolute atomic E-state index is 0.0560. The van der Waals surface area contributed by atoms with Crippen molar-refractivity contribution in [3.05, 3.63) is 69.5 Å². The number of rotatable bonds is 6. The fourth-order valence-electron chi connectivity index (χ4n) is 2.70. The van der Waals surface area contributed by atoms with Crippen molar-refractivity contribution in [3.63, 3.8) is 0 Å². The number of benzene rings is 2. The molecule has 28 heavy (non-hydrogen) atoms. The largest absolute Gasteiger partial charge is 0.454 e. The minimum atomic E-state index is -0.537. The lowest BCUT2D eigenvalue weighted by molar-refractivity contribution is -0.383. The molecule has 9 nitrogen and oxygen atoms in total. The monoisotopic (exact) mass is 399 g/mol. The first-order valence-electron chi connectivity index (χ1n) is 8.25. The highest BCUT2D eigenvalue weighted by molar-refractivity contribution is 6.31. The molecule has 2 heterocycles. The van der Waals surface area contributed by atoms with Gasteiger partial charge in [0.15, 0.2) is 11.5 Å². The van der Waals surface area contributed by atoms with Crippen molar-refractivity contribution in [2.75, 3.05) is 17.4 Å². The topological polar surface area (TPSA) is 111 Å². The van der Waals surface area contributed by atoms with E-state index in [1.807, 2.05) is 18.2 Å². The first-order valence-corrected chi connectivity index (χ1v) is 8.63. The van der Waals surface area contributed by atoms with Crippen LogP contribution in [0.3, 0.4) is 0 Å². The summed E-state index contributed by atoms with van der Waals surface area (Å²) in [6.45, 7) is 0.420. The number of hydrogen-bond acceptors (Lipinski definition) is 8. The van der Waals surface area contributed by atoms with Gasteiger partial charge in [-0.05, 0) is 23.8 Å². The van der Waals surface area contributed by atoms with E-state index in [4.69, 9.17) is 21.1 Å². The van der Waals surface area contributed by atoms with Crippen LogP contribution in [0, 0.1) is 10.1 Å². The first kappa shape index (κ1) is 17.8. The first-order chi connectivity index (χ1) is 13.6. The summed E-state index contributed by atoms with van der Waals surface area (Å²) in [7, 11) is 0. The van der Waals surface area contributed by atoms with Crippen LogP contribution >= 0.6 is 11.6 Å². The van der Waals surface area contributed by atoms with Gasteiger partial charge in [-0.2, -0.15) is 0 Å². The van der Waals surface area contributed by atoms with Gasteiger partial charge in [0, 0.05) is 23.3 Å². The molecule has 2 aromatic carbocycles. The van der Waals surface area contributed by atoms with Gasteiger partial charge in [0.05, 0.1) is 4.92 Å². The summed E-state index contributed by atoms with van der Waals surface area (Å²) < 4.78 is 10.6. The van der Waals surface area contributed by atoms with E-state index in [1.54, 1.807) is 24.3 Å². The summed E-state index contributed by atoms with van der Waals surface area (Å²) >= 11 is 6.14. The Labute approximate surface area is 164 Å². The smallest absolute Gasteiger partial charge is 0.353 e. The van der Waals surface area contributed by atoms with Crippen LogP contribution in [0.25, 0.3) is 0 Å². The second-order valence-corrected chi connectivity index (χ2v) is 6.22. The summed E-state index contributed by atoms with van der Waals surface area (Å²) in [5.41, 5.74) is 1.10. The van der Waals surface area contributed by atoms with Crippen LogP contribution in [0.4, 0.5) is 23.0 Å². The maximum absolute atomic E-state index is 11.7. The summed E-state index contributed by atoms with van der Waals surface area (Å²) in [5, 5.41) is 18.1. The molecule has 4 rings (SSSR count). The van der Waals surface area contributed by atoms with Crippen LogP contribution in [0.15, 0.2) is 48.8 Å². The zero-order valence-electron chi connectivity index (χ0n) is 14.4. The molecule has 10 heteroatoms. The zero-order chi connectivity index (χ0) is 19.5. The third-order valence-corrected chi connectivity index (χ3v) is 4.41. The molecule has 0 bridgehead atoms. The summed E-state index contributed by atoms with van der Waals surface area (Å²) in [6.07, 6.45) is 1.25. The van der Waals surface area contributed by atoms with E-state index in [0.29, 0.717) is 22.2 Å². The third kappa shape index (κ3) is 3.60. The van der Waals surface area contributed by atoms with E-state index in [1.165, 1.54) is 6.33 Å². The molecular weight excluding hydrogens is 386 g/mol. The Bertz CT molecular complexity index is 1050. The molecule has 1 aromatic heterocycles. The molecule has 1 aliphatic rings. The van der Waals surface area contributed by atoms with E-state index in [9.17, 15) is 10.1 Å². The van der Waals surface area contributed by atoms with Crippen molar-refractivity contribution < 1.29 is 14.4 Å². The Kier molecular flexibility index (Phi) is 4.81. The highest BCUT2D eigenvalue weighted by Gasteiger charge is 2.24. The van der Waals surface area contributed by atoms with Crippen LogP contribution in [-0.4, -0.2) is 21.7 Å². The van der Waals surface area contributed by atoms with Gasteiger partial charge in [0.2, 0.25) is 18.4 Å². The van der Waals surface area contributed by atoms with Crippen molar-refractivity contribution in [1.82, 2.24) is 9.97 Å². The molecule has 0 saturated heterocycles. The Morgan fingerprint density at radius 1 is 1.11 bits per heavy atom. The maximum atomic E-state index is 11.7. The SMILES string of the molecule is O=[N+]([O-])c1c(NCc2ccccc2Cl)ncnc1Nc1ccc2c(c1)OCO2. The molecule has 0 atom stereocenters. The molecule has 0 saturated carbocycles. The Balaban J connectivity index is 1.60. The molecule has 142 valence electrons. The van der Waals surface area contributed by atoms with Gasteiger partial charge in [-0.25, -0.2) is 9.97 Å². The number of halogens is 1. The van der Waals surface area contributed by atoms with Crippen LogP contribution < -0.4 is 20.1 Å². The van der Waals surface area contributed by atoms with Crippen LogP contribution in [0.5, 0.6) is 11.5 Å². The molecule has 0 amide bonds. The van der Waals surface area contributed by atoms with E-state index in [0.717, 1.165) is 5.56 Å². The van der Waals surface area contributed by atoms with Gasteiger partial charge in [-0.15, -0.1) is 0 Å². The average molecular weight is 400 g/mol. The van der Waals surface area contributed by atoms with Crippen LogP contribution in [0.1, 0.15) is 5.56 Å². The Morgan fingerprint density at radius 2 is 1.89 bits per heavy atom. The third-order valence-electron chi connectivity index (χ3n) is 4.04. The lowest BCUT2D eigenvalue weighted by Crippen LogP contribution is -2.08. The standard InChI is InChI=1S/C18H14ClN5O4/c19-13-4-2-1-3-11(13)8-20-17-16(24(25)26)18(22-9-21-17)23-12-5-6-14-15(7-12)28-10-27-14/h1-7,9H,8,10H2,(H2,20,21,22,23). The molecule has 0 aliphatic carbocycles. The molecule has 0 unspecified atom stereocenters. The van der Waals surface area contributed by atoms with Gasteiger partial charge in [-0.3, -0.25) is 10.1 Å². The van der Waals surface area contributed by atoms with Gasteiger partial charge >= 0.3 is 5.69 Å². The molecule has 1 aliphatic heterocycles. The van der Waals surface area contributed by atoms with Crippen molar-refractivity contribution in [2.45, 2.75) is 6.54 Å². The van der Waals surface area contributed by atoms with Crippen LogP contribution in [-0.2, 0) is 6.54 Å². The number of fused-ring (bicyclic) bond motifs is 1. The number of nitrogens with zero attached hydrogens (tertiary/aromatic N) is 3. The van der Waals surface area contributed by atoms with E-state index >= 15 is 0 Å². The predicted molar refractivity (Wildman–Crippen MR) is 103 cm³/mol. The van der Waals surface area contributed by atoms with E-state index in [-0.39, 0.29) is 30.7 Å². The second-order valence-electron chi connectivity index (χ2n) is 5.81. The molecule has 3 aromatic rings. The zero-order valence-corrected chi connectivity index (χ0v) is 15.1. The molecular formula is C18H14ClN5O4. The van der Waals surface area contributed by atoms with Crippen molar-refractivity contribution in [2.24, 2.45) is 0 Å². The lowest BCUT2D eigenvalue weighted by atomic mass is 10.2. The van der Waals surface area contributed by atoms with E-state index < -0.39 is 4.92 Å². The quantitative estimate of drug-likeness (QED) is 0.470. The number of aromatic nitrogens is 2. The van der Waals surface area contributed by atoms with Crippen LogP contribution in [0.2, 0.25) is 5.02 Å². The fraction of sp³-hybridized carbons (Fsp3) is 0.111. The molecule has 2 N–H and O–H groups in total. The summed E-state index contributed by atoms with van der Waals surface area (Å²) in [4.78, 5) is 19.2. The molecule has 0 radical (unpaired) electrons.